The summed E-state index contributed by atoms with van der Waals surface area (Å²) in [5.41, 5.74) is 6.04. The van der Waals surface area contributed by atoms with Gasteiger partial charge >= 0.3 is 0 Å². The Balaban J connectivity index is 2.62. The summed E-state index contributed by atoms with van der Waals surface area (Å²) in [5, 5.41) is 8.58. The summed E-state index contributed by atoms with van der Waals surface area (Å²) in [7, 11) is 0. The fraction of sp³-hybridized carbons (Fsp3) is 0.333. The molecular formula is C3H5N3O3. The van der Waals surface area contributed by atoms with Gasteiger partial charge in [0.05, 0.1) is 0 Å². The van der Waals surface area contributed by atoms with E-state index in [1.54, 1.807) is 0 Å². The van der Waals surface area contributed by atoms with Crippen LogP contribution in [0.2, 0.25) is 0 Å². The van der Waals surface area contributed by atoms with Crippen molar-refractivity contribution in [3.63, 3.8) is 0 Å². The number of hydrogen-bond donors (Lipinski definition) is 4. The van der Waals surface area contributed by atoms with Gasteiger partial charge in [-0.3, -0.25) is 20.4 Å². The van der Waals surface area contributed by atoms with E-state index < -0.39 is 17.9 Å². The lowest BCUT2D eigenvalue weighted by molar-refractivity contribution is -0.147. The lowest BCUT2D eigenvalue weighted by atomic mass is 10.3. The molecule has 0 aromatic heterocycles. The molecule has 1 rings (SSSR count). The fourth-order valence-electron chi connectivity index (χ4n) is 0.410. The van der Waals surface area contributed by atoms with Crippen LogP contribution in [0.3, 0.4) is 0 Å². The van der Waals surface area contributed by atoms with E-state index in [0.717, 1.165) is 0 Å². The zero-order valence-electron chi connectivity index (χ0n) is 4.34. The molecular weight excluding hydrogens is 126 g/mol. The molecule has 2 amide bonds. The minimum atomic E-state index is -1.59. The van der Waals surface area contributed by atoms with Gasteiger partial charge in [-0.1, -0.05) is 0 Å². The van der Waals surface area contributed by atoms with Crippen LogP contribution in [0.15, 0.2) is 0 Å². The summed E-state index contributed by atoms with van der Waals surface area (Å²) in [6.45, 7) is 0. The molecule has 0 atom stereocenters. The number of carbonyl (C=O) groups excluding carboxylic acids is 2. The van der Waals surface area contributed by atoms with Gasteiger partial charge in [-0.25, -0.2) is 0 Å². The Morgan fingerprint density at radius 2 is 1.67 bits per heavy atom. The van der Waals surface area contributed by atoms with Gasteiger partial charge < -0.3 is 5.11 Å². The summed E-state index contributed by atoms with van der Waals surface area (Å²) in [6.07, 6.45) is -1.59. The van der Waals surface area contributed by atoms with Gasteiger partial charge in [0.15, 0.2) is 0 Å². The molecule has 50 valence electrons. The number of nitrogens with one attached hydrogen (secondary N) is 3. The molecule has 6 heteroatoms. The third-order valence-corrected chi connectivity index (χ3v) is 0.868. The summed E-state index contributed by atoms with van der Waals surface area (Å²) < 4.78 is 0. The maximum Gasteiger partial charge on any atom is 0.274 e. The Morgan fingerprint density at radius 1 is 1.22 bits per heavy atom. The first-order valence-electron chi connectivity index (χ1n) is 2.24. The molecule has 0 saturated carbocycles. The van der Waals surface area contributed by atoms with Crippen molar-refractivity contribution in [2.24, 2.45) is 0 Å². The highest BCUT2D eigenvalue weighted by Crippen LogP contribution is 1.83. The Kier molecular flexibility index (Phi) is 1.33. The number of aliphatic hydroxyl groups excluding tert-OH is 1. The number of hydrogen-bond acceptors (Lipinski definition) is 4. The molecule has 1 fully saturated rings. The Morgan fingerprint density at radius 3 is 2.00 bits per heavy atom. The van der Waals surface area contributed by atoms with E-state index in [1.165, 1.54) is 0 Å². The van der Waals surface area contributed by atoms with Crippen molar-refractivity contribution >= 4 is 11.8 Å². The standard InChI is InChI=1S/C3H5N3O3/c7-1-2(8)4-6-5-3(1)9/h1,6-7H,(H,4,8)(H,5,9). The fourth-order valence-corrected chi connectivity index (χ4v) is 0.410. The van der Waals surface area contributed by atoms with Gasteiger partial charge in [0.1, 0.15) is 0 Å². The van der Waals surface area contributed by atoms with Crippen LogP contribution >= 0.6 is 0 Å². The van der Waals surface area contributed by atoms with Crippen molar-refractivity contribution in [3.8, 4) is 0 Å². The van der Waals surface area contributed by atoms with Crippen molar-refractivity contribution in [2.75, 3.05) is 0 Å². The molecule has 0 spiro atoms. The van der Waals surface area contributed by atoms with Crippen LogP contribution in [0.4, 0.5) is 0 Å². The number of hydrazine groups is 2. The molecule has 1 aliphatic rings. The maximum atomic E-state index is 10.3. The van der Waals surface area contributed by atoms with Crippen LogP contribution in [0.1, 0.15) is 0 Å². The van der Waals surface area contributed by atoms with Crippen LogP contribution in [0.25, 0.3) is 0 Å². The monoisotopic (exact) mass is 131 g/mol. The van der Waals surface area contributed by atoms with Crippen molar-refractivity contribution in [2.45, 2.75) is 6.10 Å². The van der Waals surface area contributed by atoms with Gasteiger partial charge in [0.25, 0.3) is 11.8 Å². The molecule has 1 saturated heterocycles. The SMILES string of the molecule is O=C1NNNC(=O)C1O. The Bertz CT molecular complexity index is 140. The van der Waals surface area contributed by atoms with E-state index in [1.807, 2.05) is 10.9 Å². The molecule has 0 aromatic carbocycles. The zero-order valence-corrected chi connectivity index (χ0v) is 4.34. The van der Waals surface area contributed by atoms with Crippen molar-refractivity contribution < 1.29 is 14.7 Å². The molecule has 0 aliphatic carbocycles. The first kappa shape index (κ1) is 5.99. The summed E-state index contributed by atoms with van der Waals surface area (Å²) in [4.78, 5) is 20.6. The van der Waals surface area contributed by atoms with Crippen molar-refractivity contribution in [1.29, 1.82) is 0 Å². The van der Waals surface area contributed by atoms with Crippen LogP contribution in [0.5, 0.6) is 0 Å². The third-order valence-electron chi connectivity index (χ3n) is 0.868. The lowest BCUT2D eigenvalue weighted by Crippen LogP contribution is -2.63. The number of carbonyl (C=O) groups is 2. The van der Waals surface area contributed by atoms with Gasteiger partial charge in [-0.15, -0.1) is 5.53 Å². The third kappa shape index (κ3) is 0.980. The number of amides is 2. The molecule has 1 heterocycles. The maximum absolute atomic E-state index is 10.3. The molecule has 0 radical (unpaired) electrons. The van der Waals surface area contributed by atoms with E-state index in [4.69, 9.17) is 5.11 Å². The number of rotatable bonds is 0. The predicted octanol–water partition coefficient (Wildman–Crippen LogP) is -2.99. The van der Waals surface area contributed by atoms with Crippen LogP contribution in [0, 0.1) is 0 Å². The number of aliphatic hydroxyl groups is 1. The normalized spacial score (nSPS) is 21.0. The van der Waals surface area contributed by atoms with Gasteiger partial charge in [0, 0.05) is 0 Å². The average molecular weight is 131 g/mol. The van der Waals surface area contributed by atoms with Crippen LogP contribution < -0.4 is 16.4 Å². The molecule has 4 N–H and O–H groups in total. The quantitative estimate of drug-likeness (QED) is 0.264. The molecule has 6 nitrogen and oxygen atoms in total. The largest absolute Gasteiger partial charge is 0.375 e. The second-order valence-electron chi connectivity index (χ2n) is 1.51. The van der Waals surface area contributed by atoms with E-state index >= 15 is 0 Å². The zero-order chi connectivity index (χ0) is 6.85. The summed E-state index contributed by atoms with van der Waals surface area (Å²) >= 11 is 0. The lowest BCUT2D eigenvalue weighted by Gasteiger charge is -2.17. The van der Waals surface area contributed by atoms with Gasteiger partial charge in [-0.2, -0.15) is 0 Å². The highest BCUT2D eigenvalue weighted by atomic mass is 16.3. The molecule has 0 unspecified atom stereocenters. The Hall–Kier alpha value is -1.14. The van der Waals surface area contributed by atoms with Crippen molar-refractivity contribution in [1.82, 2.24) is 16.4 Å². The first-order chi connectivity index (χ1) is 4.22. The molecule has 1 aliphatic heterocycles. The van der Waals surface area contributed by atoms with Gasteiger partial charge in [-0.05, 0) is 0 Å². The first-order valence-corrected chi connectivity index (χ1v) is 2.24. The molecule has 0 aromatic rings. The minimum Gasteiger partial charge on any atom is -0.375 e. The van der Waals surface area contributed by atoms with Crippen LogP contribution in [-0.4, -0.2) is 23.0 Å². The molecule has 0 bridgehead atoms. The van der Waals surface area contributed by atoms with E-state index in [-0.39, 0.29) is 0 Å². The second-order valence-corrected chi connectivity index (χ2v) is 1.51. The van der Waals surface area contributed by atoms with E-state index in [9.17, 15) is 9.59 Å². The highest BCUT2D eigenvalue weighted by molar-refractivity contribution is 6.03. The minimum absolute atomic E-state index is 0.751. The molecule has 9 heavy (non-hydrogen) atoms. The smallest absolute Gasteiger partial charge is 0.274 e. The van der Waals surface area contributed by atoms with E-state index in [0.29, 0.717) is 0 Å². The van der Waals surface area contributed by atoms with Crippen molar-refractivity contribution in [3.05, 3.63) is 0 Å². The summed E-state index contributed by atoms with van der Waals surface area (Å²) in [6, 6.07) is 0. The van der Waals surface area contributed by atoms with E-state index in [2.05, 4.69) is 5.53 Å². The van der Waals surface area contributed by atoms with Gasteiger partial charge in [0.2, 0.25) is 6.10 Å². The highest BCUT2D eigenvalue weighted by Gasteiger charge is 2.26. The second kappa shape index (κ2) is 2.00. The average Bonchev–Trinajstić information content (AvgIpc) is 1.83. The summed E-state index contributed by atoms with van der Waals surface area (Å²) in [5.74, 6) is -1.50. The topological polar surface area (TPSA) is 90.5 Å². The Labute approximate surface area is 50.2 Å². The van der Waals surface area contributed by atoms with Crippen LogP contribution in [-0.2, 0) is 9.59 Å². The predicted molar refractivity (Wildman–Crippen MR) is 25.4 cm³/mol.